The van der Waals surface area contributed by atoms with Gasteiger partial charge in [-0.25, -0.2) is 0 Å². The molecule has 1 aliphatic heterocycles. The Morgan fingerprint density at radius 1 is 1.20 bits per heavy atom. The molecule has 0 atom stereocenters. The minimum atomic E-state index is 0.898. The fourth-order valence-electron chi connectivity index (χ4n) is 1.91. The Kier molecular flexibility index (Phi) is 6.49. The molecular formula is C13H25NO. The van der Waals surface area contributed by atoms with Crippen LogP contribution in [0.1, 0.15) is 46.0 Å². The standard InChI is InChI=1S/C13H25NO/c1-3-5-7-13(8-6-4-2)14-9-11-15-12-10-14/h7H,3-6,8-12H2,1-2H3. The van der Waals surface area contributed by atoms with Crippen LogP contribution in [0.4, 0.5) is 0 Å². The maximum absolute atomic E-state index is 5.39. The lowest BCUT2D eigenvalue weighted by atomic mass is 10.1. The van der Waals surface area contributed by atoms with Crippen LogP contribution in [0, 0.1) is 0 Å². The molecule has 0 aromatic rings. The van der Waals surface area contributed by atoms with Crippen molar-refractivity contribution in [2.75, 3.05) is 26.3 Å². The molecule has 0 aromatic heterocycles. The van der Waals surface area contributed by atoms with Gasteiger partial charge in [0, 0.05) is 18.8 Å². The zero-order valence-electron chi connectivity index (χ0n) is 10.3. The van der Waals surface area contributed by atoms with Crippen molar-refractivity contribution in [2.24, 2.45) is 0 Å². The van der Waals surface area contributed by atoms with E-state index in [1.807, 2.05) is 0 Å². The highest BCUT2D eigenvalue weighted by molar-refractivity contribution is 5.02. The zero-order chi connectivity index (χ0) is 10.9. The molecule has 88 valence electrons. The summed E-state index contributed by atoms with van der Waals surface area (Å²) in [7, 11) is 0. The number of nitrogens with zero attached hydrogens (tertiary/aromatic N) is 1. The highest BCUT2D eigenvalue weighted by Crippen LogP contribution is 2.16. The van der Waals surface area contributed by atoms with Crippen LogP contribution in [0.15, 0.2) is 11.8 Å². The Morgan fingerprint density at radius 2 is 1.93 bits per heavy atom. The van der Waals surface area contributed by atoms with E-state index in [4.69, 9.17) is 4.74 Å². The third-order valence-corrected chi connectivity index (χ3v) is 2.87. The summed E-state index contributed by atoms with van der Waals surface area (Å²) < 4.78 is 5.39. The van der Waals surface area contributed by atoms with Crippen molar-refractivity contribution >= 4 is 0 Å². The summed E-state index contributed by atoms with van der Waals surface area (Å²) in [4.78, 5) is 2.51. The van der Waals surface area contributed by atoms with E-state index < -0.39 is 0 Å². The lowest BCUT2D eigenvalue weighted by Gasteiger charge is -2.31. The van der Waals surface area contributed by atoms with Crippen molar-refractivity contribution in [3.63, 3.8) is 0 Å². The smallest absolute Gasteiger partial charge is 0.0642 e. The van der Waals surface area contributed by atoms with Gasteiger partial charge in [0.05, 0.1) is 13.2 Å². The van der Waals surface area contributed by atoms with Crippen LogP contribution < -0.4 is 0 Å². The highest BCUT2D eigenvalue weighted by Gasteiger charge is 2.12. The summed E-state index contributed by atoms with van der Waals surface area (Å²) >= 11 is 0. The topological polar surface area (TPSA) is 12.5 Å². The van der Waals surface area contributed by atoms with Gasteiger partial charge in [0.25, 0.3) is 0 Å². The van der Waals surface area contributed by atoms with Gasteiger partial charge in [-0.15, -0.1) is 0 Å². The molecule has 1 saturated heterocycles. The molecule has 2 heteroatoms. The lowest BCUT2D eigenvalue weighted by Crippen LogP contribution is -2.35. The largest absolute Gasteiger partial charge is 0.378 e. The van der Waals surface area contributed by atoms with Gasteiger partial charge in [0.15, 0.2) is 0 Å². The third-order valence-electron chi connectivity index (χ3n) is 2.87. The minimum absolute atomic E-state index is 0.898. The summed E-state index contributed by atoms with van der Waals surface area (Å²) in [5.74, 6) is 0. The molecule has 0 aliphatic carbocycles. The van der Waals surface area contributed by atoms with E-state index in [9.17, 15) is 0 Å². The van der Waals surface area contributed by atoms with Crippen molar-refractivity contribution in [3.8, 4) is 0 Å². The van der Waals surface area contributed by atoms with Crippen LogP contribution in [-0.4, -0.2) is 31.2 Å². The fraction of sp³-hybridized carbons (Fsp3) is 0.846. The molecule has 0 spiro atoms. The van der Waals surface area contributed by atoms with Gasteiger partial charge in [0.1, 0.15) is 0 Å². The second-order valence-electron chi connectivity index (χ2n) is 4.19. The summed E-state index contributed by atoms with van der Waals surface area (Å²) in [5.41, 5.74) is 1.56. The first-order valence-electron chi connectivity index (χ1n) is 6.40. The maximum Gasteiger partial charge on any atom is 0.0642 e. The predicted molar refractivity (Wildman–Crippen MR) is 64.9 cm³/mol. The molecule has 0 saturated carbocycles. The first kappa shape index (κ1) is 12.6. The fourth-order valence-corrected chi connectivity index (χ4v) is 1.91. The molecule has 0 amide bonds. The van der Waals surface area contributed by atoms with Gasteiger partial charge in [0.2, 0.25) is 0 Å². The molecule has 1 heterocycles. The van der Waals surface area contributed by atoms with Crippen LogP contribution in [0.25, 0.3) is 0 Å². The van der Waals surface area contributed by atoms with Crippen molar-refractivity contribution in [1.82, 2.24) is 4.90 Å². The molecule has 2 nitrogen and oxygen atoms in total. The van der Waals surface area contributed by atoms with Crippen LogP contribution in [0.3, 0.4) is 0 Å². The monoisotopic (exact) mass is 211 g/mol. The van der Waals surface area contributed by atoms with Crippen LogP contribution in [-0.2, 0) is 4.74 Å². The number of morpholine rings is 1. The van der Waals surface area contributed by atoms with Gasteiger partial charge in [-0.3, -0.25) is 0 Å². The number of allylic oxidation sites excluding steroid dienone is 2. The van der Waals surface area contributed by atoms with Crippen molar-refractivity contribution in [1.29, 1.82) is 0 Å². The van der Waals surface area contributed by atoms with Crippen molar-refractivity contribution in [3.05, 3.63) is 11.8 Å². The molecule has 1 fully saturated rings. The quantitative estimate of drug-likeness (QED) is 0.669. The third kappa shape index (κ3) is 4.70. The minimum Gasteiger partial charge on any atom is -0.378 e. The van der Waals surface area contributed by atoms with E-state index in [-0.39, 0.29) is 0 Å². The van der Waals surface area contributed by atoms with Crippen LogP contribution in [0.2, 0.25) is 0 Å². The number of hydrogen-bond donors (Lipinski definition) is 0. The molecule has 0 N–H and O–H groups in total. The number of unbranched alkanes of at least 4 members (excludes halogenated alkanes) is 2. The summed E-state index contributed by atoms with van der Waals surface area (Å²) in [6.45, 7) is 8.47. The highest BCUT2D eigenvalue weighted by atomic mass is 16.5. The molecule has 0 unspecified atom stereocenters. The van der Waals surface area contributed by atoms with Crippen molar-refractivity contribution in [2.45, 2.75) is 46.0 Å². The first-order valence-corrected chi connectivity index (χ1v) is 6.40. The Balaban J connectivity index is 2.45. The first-order chi connectivity index (χ1) is 7.38. The second kappa shape index (κ2) is 7.75. The average Bonchev–Trinajstić information content (AvgIpc) is 2.30. The van der Waals surface area contributed by atoms with Crippen LogP contribution in [0.5, 0.6) is 0 Å². The van der Waals surface area contributed by atoms with E-state index in [2.05, 4.69) is 24.8 Å². The number of rotatable bonds is 6. The molecule has 0 bridgehead atoms. The summed E-state index contributed by atoms with van der Waals surface area (Å²) in [5, 5.41) is 0. The average molecular weight is 211 g/mol. The summed E-state index contributed by atoms with van der Waals surface area (Å²) in [6, 6.07) is 0. The SMILES string of the molecule is CCCC=C(CCCC)N1CCOCC1. The van der Waals surface area contributed by atoms with Crippen molar-refractivity contribution < 1.29 is 4.74 Å². The van der Waals surface area contributed by atoms with Gasteiger partial charge in [-0.1, -0.05) is 32.8 Å². The molecule has 1 rings (SSSR count). The zero-order valence-corrected chi connectivity index (χ0v) is 10.3. The maximum atomic E-state index is 5.39. The Labute approximate surface area is 94.3 Å². The Hall–Kier alpha value is -0.500. The van der Waals surface area contributed by atoms with E-state index >= 15 is 0 Å². The number of ether oxygens (including phenoxy) is 1. The van der Waals surface area contributed by atoms with Gasteiger partial charge >= 0.3 is 0 Å². The molecular weight excluding hydrogens is 186 g/mol. The van der Waals surface area contributed by atoms with E-state index in [1.54, 1.807) is 5.70 Å². The van der Waals surface area contributed by atoms with E-state index in [0.29, 0.717) is 0 Å². The van der Waals surface area contributed by atoms with E-state index in [1.165, 1.54) is 32.1 Å². The van der Waals surface area contributed by atoms with Gasteiger partial charge in [-0.05, 0) is 19.3 Å². The van der Waals surface area contributed by atoms with Gasteiger partial charge < -0.3 is 9.64 Å². The molecule has 0 aromatic carbocycles. The molecule has 1 aliphatic rings. The Morgan fingerprint density at radius 3 is 2.53 bits per heavy atom. The molecule has 0 radical (unpaired) electrons. The van der Waals surface area contributed by atoms with Crippen LogP contribution >= 0.6 is 0 Å². The lowest BCUT2D eigenvalue weighted by molar-refractivity contribution is 0.0517. The summed E-state index contributed by atoms with van der Waals surface area (Å²) in [6.07, 6.45) is 8.74. The van der Waals surface area contributed by atoms with E-state index in [0.717, 1.165) is 26.3 Å². The second-order valence-corrected chi connectivity index (χ2v) is 4.19. The molecule has 15 heavy (non-hydrogen) atoms. The number of hydrogen-bond acceptors (Lipinski definition) is 2. The normalized spacial score (nSPS) is 18.3. The Bertz CT molecular complexity index is 183. The predicted octanol–water partition coefficient (Wildman–Crippen LogP) is 3.19. The van der Waals surface area contributed by atoms with Gasteiger partial charge in [-0.2, -0.15) is 0 Å².